The Kier molecular flexibility index (Phi) is 6.15. The summed E-state index contributed by atoms with van der Waals surface area (Å²) < 4.78 is 0. The highest BCUT2D eigenvalue weighted by atomic mass is 16.1. The Bertz CT molecular complexity index is 686. The van der Waals surface area contributed by atoms with Gasteiger partial charge in [0.15, 0.2) is 0 Å². The highest BCUT2D eigenvalue weighted by molar-refractivity contribution is 5.90. The third-order valence-corrected chi connectivity index (χ3v) is 4.54. The second-order valence-corrected chi connectivity index (χ2v) is 6.56. The number of carbonyl (C=O) groups is 1. The molecule has 2 aromatic rings. The standard InChI is InChI=1S/C19H28N4O/c1-13-6-7-17(12-14(13)2)20-19(24)9-11-23(5)10-8-18-15(3)21-22-16(18)4/h6-7,12H,8-11H2,1-5H3,(H,20,24)(H,21,22). The van der Waals surface area contributed by atoms with Gasteiger partial charge >= 0.3 is 0 Å². The molecule has 2 rings (SSSR count). The van der Waals surface area contributed by atoms with Crippen LogP contribution >= 0.6 is 0 Å². The number of anilines is 1. The van der Waals surface area contributed by atoms with Crippen molar-refractivity contribution in [2.75, 3.05) is 25.5 Å². The van der Waals surface area contributed by atoms with E-state index < -0.39 is 0 Å². The summed E-state index contributed by atoms with van der Waals surface area (Å²) in [5, 5.41) is 10.2. The number of hydrogen-bond donors (Lipinski definition) is 2. The Labute approximate surface area is 144 Å². The van der Waals surface area contributed by atoms with Gasteiger partial charge in [0.05, 0.1) is 5.69 Å². The summed E-state index contributed by atoms with van der Waals surface area (Å²) in [6.45, 7) is 9.85. The van der Waals surface area contributed by atoms with Crippen LogP contribution in [0.25, 0.3) is 0 Å². The molecule has 0 saturated carbocycles. The zero-order valence-corrected chi connectivity index (χ0v) is 15.4. The van der Waals surface area contributed by atoms with Crippen molar-refractivity contribution >= 4 is 11.6 Å². The third kappa shape index (κ3) is 4.93. The van der Waals surface area contributed by atoms with Crippen molar-refractivity contribution in [2.24, 2.45) is 0 Å². The van der Waals surface area contributed by atoms with Crippen LogP contribution in [0.2, 0.25) is 0 Å². The number of hydrogen-bond acceptors (Lipinski definition) is 3. The van der Waals surface area contributed by atoms with Crippen LogP contribution in [0.5, 0.6) is 0 Å². The van der Waals surface area contributed by atoms with Gasteiger partial charge in [-0.1, -0.05) is 6.07 Å². The lowest BCUT2D eigenvalue weighted by Gasteiger charge is -2.16. The molecule has 0 aliphatic carbocycles. The number of rotatable bonds is 7. The molecule has 130 valence electrons. The predicted octanol–water partition coefficient (Wildman–Crippen LogP) is 3.15. The molecule has 1 aromatic heterocycles. The van der Waals surface area contributed by atoms with Gasteiger partial charge in [0.2, 0.25) is 5.91 Å². The van der Waals surface area contributed by atoms with Crippen LogP contribution in [0, 0.1) is 27.7 Å². The molecule has 0 spiro atoms. The summed E-state index contributed by atoms with van der Waals surface area (Å²) in [5.74, 6) is 0.0563. The molecule has 24 heavy (non-hydrogen) atoms. The molecule has 1 heterocycles. The molecule has 2 N–H and O–H groups in total. The first-order chi connectivity index (χ1) is 11.4. The van der Waals surface area contributed by atoms with Crippen LogP contribution < -0.4 is 5.32 Å². The average molecular weight is 328 g/mol. The maximum Gasteiger partial charge on any atom is 0.225 e. The number of aromatic nitrogens is 2. The van der Waals surface area contributed by atoms with Gasteiger partial charge in [0.25, 0.3) is 0 Å². The first-order valence-electron chi connectivity index (χ1n) is 8.43. The molecule has 0 saturated heterocycles. The summed E-state index contributed by atoms with van der Waals surface area (Å²) in [5.41, 5.74) is 6.77. The molecule has 1 aromatic carbocycles. The van der Waals surface area contributed by atoms with Gasteiger partial charge in [0, 0.05) is 30.9 Å². The molecule has 0 unspecified atom stereocenters. The van der Waals surface area contributed by atoms with E-state index in [1.54, 1.807) is 0 Å². The quantitative estimate of drug-likeness (QED) is 0.821. The molecule has 0 aliphatic heterocycles. The predicted molar refractivity (Wildman–Crippen MR) is 98.4 cm³/mol. The Morgan fingerprint density at radius 3 is 2.54 bits per heavy atom. The third-order valence-electron chi connectivity index (χ3n) is 4.54. The smallest absolute Gasteiger partial charge is 0.225 e. The van der Waals surface area contributed by atoms with E-state index in [-0.39, 0.29) is 5.91 Å². The topological polar surface area (TPSA) is 61.0 Å². The number of H-pyrrole nitrogens is 1. The normalized spacial score (nSPS) is 11.1. The number of likely N-dealkylation sites (N-methyl/N-ethyl adjacent to an activating group) is 1. The Morgan fingerprint density at radius 2 is 1.92 bits per heavy atom. The Morgan fingerprint density at radius 1 is 1.17 bits per heavy atom. The summed E-state index contributed by atoms with van der Waals surface area (Å²) in [4.78, 5) is 14.3. The minimum absolute atomic E-state index is 0.0563. The summed E-state index contributed by atoms with van der Waals surface area (Å²) in [6.07, 6.45) is 1.44. The first-order valence-corrected chi connectivity index (χ1v) is 8.43. The van der Waals surface area contributed by atoms with Crippen molar-refractivity contribution in [3.63, 3.8) is 0 Å². The fourth-order valence-electron chi connectivity index (χ4n) is 2.69. The van der Waals surface area contributed by atoms with Crippen LogP contribution in [0.15, 0.2) is 18.2 Å². The molecule has 0 radical (unpaired) electrons. The molecule has 1 amide bonds. The molecule has 0 bridgehead atoms. The fourth-order valence-corrected chi connectivity index (χ4v) is 2.69. The first kappa shape index (κ1) is 18.2. The van der Waals surface area contributed by atoms with E-state index in [1.807, 2.05) is 39.1 Å². The van der Waals surface area contributed by atoms with Crippen LogP contribution in [0.4, 0.5) is 5.69 Å². The van der Waals surface area contributed by atoms with Gasteiger partial charge in [-0.3, -0.25) is 9.89 Å². The lowest BCUT2D eigenvalue weighted by molar-refractivity contribution is -0.116. The monoisotopic (exact) mass is 328 g/mol. The van der Waals surface area contributed by atoms with Gasteiger partial charge in [-0.25, -0.2) is 0 Å². The molecule has 0 aliphatic rings. The van der Waals surface area contributed by atoms with Gasteiger partial charge < -0.3 is 10.2 Å². The molecule has 0 atom stereocenters. The maximum absolute atomic E-state index is 12.1. The van der Waals surface area contributed by atoms with Crippen molar-refractivity contribution in [2.45, 2.75) is 40.5 Å². The molecule has 5 heteroatoms. The Hall–Kier alpha value is -2.14. The largest absolute Gasteiger partial charge is 0.326 e. The van der Waals surface area contributed by atoms with Crippen LogP contribution in [0.1, 0.15) is 34.5 Å². The maximum atomic E-state index is 12.1. The summed E-state index contributed by atoms with van der Waals surface area (Å²) in [6, 6.07) is 6.00. The van der Waals surface area contributed by atoms with Crippen molar-refractivity contribution in [3.8, 4) is 0 Å². The number of carbonyl (C=O) groups excluding carboxylic acids is 1. The average Bonchev–Trinajstić information content (AvgIpc) is 2.85. The summed E-state index contributed by atoms with van der Waals surface area (Å²) in [7, 11) is 2.05. The second-order valence-electron chi connectivity index (χ2n) is 6.56. The minimum Gasteiger partial charge on any atom is -0.326 e. The minimum atomic E-state index is 0.0563. The molecule has 5 nitrogen and oxygen atoms in total. The highest BCUT2D eigenvalue weighted by Gasteiger charge is 2.09. The number of aromatic amines is 1. The van der Waals surface area contributed by atoms with Gasteiger partial charge in [-0.15, -0.1) is 0 Å². The summed E-state index contributed by atoms with van der Waals surface area (Å²) >= 11 is 0. The van der Waals surface area contributed by atoms with E-state index in [0.29, 0.717) is 6.42 Å². The van der Waals surface area contributed by atoms with Gasteiger partial charge in [-0.2, -0.15) is 5.10 Å². The van der Waals surface area contributed by atoms with E-state index in [4.69, 9.17) is 0 Å². The number of benzene rings is 1. The number of nitrogens with one attached hydrogen (secondary N) is 2. The van der Waals surface area contributed by atoms with E-state index in [9.17, 15) is 4.79 Å². The lowest BCUT2D eigenvalue weighted by atomic mass is 10.1. The number of nitrogens with zero attached hydrogens (tertiary/aromatic N) is 2. The molecular weight excluding hydrogens is 300 g/mol. The van der Waals surface area contributed by atoms with Gasteiger partial charge in [0.1, 0.15) is 0 Å². The van der Waals surface area contributed by atoms with Crippen molar-refractivity contribution in [1.82, 2.24) is 15.1 Å². The van der Waals surface area contributed by atoms with Crippen LogP contribution in [-0.4, -0.2) is 41.1 Å². The Balaban J connectivity index is 1.75. The van der Waals surface area contributed by atoms with Crippen LogP contribution in [-0.2, 0) is 11.2 Å². The van der Waals surface area contributed by atoms with E-state index in [1.165, 1.54) is 16.7 Å². The number of aryl methyl sites for hydroxylation is 4. The zero-order chi connectivity index (χ0) is 17.7. The SMILES string of the molecule is Cc1ccc(NC(=O)CCN(C)CCc2c(C)n[nH]c2C)cc1C. The van der Waals surface area contributed by atoms with Crippen molar-refractivity contribution < 1.29 is 4.79 Å². The molecule has 0 fully saturated rings. The zero-order valence-electron chi connectivity index (χ0n) is 15.4. The van der Waals surface area contributed by atoms with Gasteiger partial charge in [-0.05, 0) is 70.0 Å². The number of amides is 1. The van der Waals surface area contributed by atoms with Crippen molar-refractivity contribution in [3.05, 3.63) is 46.3 Å². The van der Waals surface area contributed by atoms with Crippen molar-refractivity contribution in [1.29, 1.82) is 0 Å². The van der Waals surface area contributed by atoms with E-state index in [0.717, 1.165) is 36.6 Å². The molecular formula is C19H28N4O. The highest BCUT2D eigenvalue weighted by Crippen LogP contribution is 2.14. The lowest BCUT2D eigenvalue weighted by Crippen LogP contribution is -2.26. The van der Waals surface area contributed by atoms with E-state index >= 15 is 0 Å². The van der Waals surface area contributed by atoms with Crippen LogP contribution in [0.3, 0.4) is 0 Å². The second kappa shape index (κ2) is 8.11. The van der Waals surface area contributed by atoms with E-state index in [2.05, 4.69) is 34.3 Å². The fraction of sp³-hybridized carbons (Fsp3) is 0.474.